The Labute approximate surface area is 190 Å². The molecule has 0 fully saturated rings. The number of unbranched alkanes of at least 4 members (excludes halogenated alkanes) is 6. The van der Waals surface area contributed by atoms with Crippen molar-refractivity contribution < 1.29 is 34.5 Å². The molecule has 10 heteroatoms. The maximum absolute atomic E-state index is 11.3. The van der Waals surface area contributed by atoms with E-state index in [9.17, 15) is 4.79 Å². The van der Waals surface area contributed by atoms with E-state index in [-0.39, 0.29) is 41.9 Å². The van der Waals surface area contributed by atoms with Gasteiger partial charge >= 0.3 is 29.6 Å². The predicted octanol–water partition coefficient (Wildman–Crippen LogP) is 1.61. The van der Waals surface area contributed by atoms with Crippen LogP contribution in [-0.2, 0) is 19.2 Å². The van der Waals surface area contributed by atoms with Gasteiger partial charge in [0, 0.05) is 33.7 Å². The van der Waals surface area contributed by atoms with E-state index < -0.39 is 23.9 Å². The number of hydrogen-bond donors (Lipinski definition) is 5. The zero-order valence-corrected chi connectivity index (χ0v) is 17.1. The molecule has 0 spiro atoms. The topological polar surface area (TPSA) is 181 Å². The third kappa shape index (κ3) is 73.5. The normalized spacial score (nSPS) is 9.50. The molecule has 0 saturated carbocycles. The number of nitrogens with two attached hydrogens (primary N) is 2. The second kappa shape index (κ2) is 30.7. The van der Waals surface area contributed by atoms with Crippen LogP contribution in [0.5, 0.6) is 0 Å². The Morgan fingerprint density at radius 1 is 0.750 bits per heavy atom. The van der Waals surface area contributed by atoms with Crippen molar-refractivity contribution in [2.45, 2.75) is 85.1 Å². The maximum atomic E-state index is 11.3. The minimum absolute atomic E-state index is 0. The van der Waals surface area contributed by atoms with Gasteiger partial charge in [-0.2, -0.15) is 0 Å². The van der Waals surface area contributed by atoms with Crippen molar-refractivity contribution in [2.24, 2.45) is 11.5 Å². The first kappa shape index (κ1) is 37.7. The molecule has 0 rings (SSSR count). The molecule has 0 bridgehead atoms. The molecule has 0 aromatic heterocycles. The number of carboxylic acid groups (broad SMARTS) is 3. The molecule has 0 aromatic rings. The Morgan fingerprint density at radius 2 is 1.04 bits per heavy atom. The summed E-state index contributed by atoms with van der Waals surface area (Å²) in [7, 11) is 0. The van der Waals surface area contributed by atoms with Crippen LogP contribution in [0.1, 0.15) is 79.1 Å². The van der Waals surface area contributed by atoms with Gasteiger partial charge in [0.15, 0.2) is 5.78 Å². The molecular weight excluding hydrogens is 379 g/mol. The van der Waals surface area contributed by atoms with Crippen LogP contribution in [0.4, 0.5) is 0 Å². The number of ketones is 1. The van der Waals surface area contributed by atoms with Crippen molar-refractivity contribution >= 4 is 53.2 Å². The van der Waals surface area contributed by atoms with Gasteiger partial charge in [0.05, 0.1) is 6.04 Å². The molecule has 164 valence electrons. The molecule has 0 aliphatic heterocycles. The summed E-state index contributed by atoms with van der Waals surface area (Å²) in [6.45, 7) is 5.74. The van der Waals surface area contributed by atoms with Gasteiger partial charge in [0.2, 0.25) is 0 Å². The Morgan fingerprint density at radius 3 is 1.32 bits per heavy atom. The SMILES string of the molecule is CC(=O)O.CC(=O)O.CC(=O)O.CCCCCCCCCC(=O)C(N)CN.[NaH]. The second-order valence-electron chi connectivity index (χ2n) is 5.74. The van der Waals surface area contributed by atoms with Crippen LogP contribution in [0.15, 0.2) is 0 Å². The molecular formula is C18H39N2NaO7. The number of rotatable bonds is 10. The standard InChI is InChI=1S/C12H26N2O.3C2H4O2.Na.H/c1-2-3-4-5-6-7-8-9-12(15)11(14)10-13;3*1-2(3)4;;/h11H,2-10,13-14H2,1H3;3*1H3,(H,3,4);;. The third-order valence-electron chi connectivity index (χ3n) is 2.69. The molecule has 0 heterocycles. The molecule has 0 aliphatic rings. The fourth-order valence-corrected chi connectivity index (χ4v) is 1.57. The summed E-state index contributed by atoms with van der Waals surface area (Å²) in [5.74, 6) is -2.38. The van der Waals surface area contributed by atoms with Crippen LogP contribution in [-0.4, -0.2) is 81.2 Å². The van der Waals surface area contributed by atoms with E-state index in [1.54, 1.807) is 0 Å². The molecule has 7 N–H and O–H groups in total. The van der Waals surface area contributed by atoms with Crippen LogP contribution >= 0.6 is 0 Å². The first-order chi connectivity index (χ1) is 12.4. The van der Waals surface area contributed by atoms with Crippen LogP contribution in [0.25, 0.3) is 0 Å². The Kier molecular flexibility index (Phi) is 41.4. The zero-order valence-electron chi connectivity index (χ0n) is 17.1. The summed E-state index contributed by atoms with van der Waals surface area (Å²) in [5, 5.41) is 22.2. The van der Waals surface area contributed by atoms with Gasteiger partial charge in [-0.15, -0.1) is 0 Å². The van der Waals surface area contributed by atoms with Crippen molar-refractivity contribution in [3.8, 4) is 0 Å². The monoisotopic (exact) mass is 418 g/mol. The van der Waals surface area contributed by atoms with E-state index in [2.05, 4.69) is 6.92 Å². The van der Waals surface area contributed by atoms with Crippen LogP contribution in [0.2, 0.25) is 0 Å². The number of carboxylic acids is 3. The number of Topliss-reactive ketones (excluding diaryl/α,β-unsaturated/α-hetero) is 1. The molecule has 1 unspecified atom stereocenters. The number of hydrogen-bond acceptors (Lipinski definition) is 6. The molecule has 0 aliphatic carbocycles. The third-order valence-corrected chi connectivity index (χ3v) is 2.69. The molecule has 9 nitrogen and oxygen atoms in total. The van der Waals surface area contributed by atoms with Gasteiger partial charge in [0.25, 0.3) is 17.9 Å². The van der Waals surface area contributed by atoms with Crippen molar-refractivity contribution in [2.75, 3.05) is 6.54 Å². The quantitative estimate of drug-likeness (QED) is 0.260. The van der Waals surface area contributed by atoms with Gasteiger partial charge in [-0.05, 0) is 6.42 Å². The van der Waals surface area contributed by atoms with Gasteiger partial charge in [-0.1, -0.05) is 45.4 Å². The summed E-state index contributed by atoms with van der Waals surface area (Å²) >= 11 is 0. The van der Waals surface area contributed by atoms with E-state index >= 15 is 0 Å². The molecule has 1 atom stereocenters. The molecule has 0 aromatic carbocycles. The fraction of sp³-hybridized carbons (Fsp3) is 0.778. The van der Waals surface area contributed by atoms with E-state index in [1.807, 2.05) is 0 Å². The Hall–Kier alpha value is -1.000. The summed E-state index contributed by atoms with van der Waals surface area (Å²) in [5.41, 5.74) is 10.8. The average Bonchev–Trinajstić information content (AvgIpc) is 2.51. The van der Waals surface area contributed by atoms with Crippen molar-refractivity contribution in [1.29, 1.82) is 0 Å². The number of carbonyl (C=O) groups is 4. The molecule has 0 saturated heterocycles. The summed E-state index contributed by atoms with van der Waals surface area (Å²) < 4.78 is 0. The minimum atomic E-state index is -0.833. The Bertz CT molecular complexity index is 354. The molecule has 0 amide bonds. The van der Waals surface area contributed by atoms with Crippen LogP contribution in [0.3, 0.4) is 0 Å². The molecule has 28 heavy (non-hydrogen) atoms. The summed E-state index contributed by atoms with van der Waals surface area (Å²) in [6, 6.07) is -0.440. The average molecular weight is 419 g/mol. The van der Waals surface area contributed by atoms with E-state index in [0.717, 1.165) is 33.6 Å². The van der Waals surface area contributed by atoms with E-state index in [0.29, 0.717) is 6.42 Å². The van der Waals surface area contributed by atoms with Gasteiger partial charge in [-0.3, -0.25) is 19.2 Å². The van der Waals surface area contributed by atoms with Crippen LogP contribution < -0.4 is 11.5 Å². The fourth-order valence-electron chi connectivity index (χ4n) is 1.57. The zero-order chi connectivity index (χ0) is 22.3. The summed E-state index contributed by atoms with van der Waals surface area (Å²) in [6.07, 6.45) is 9.20. The van der Waals surface area contributed by atoms with Gasteiger partial charge in [0.1, 0.15) is 0 Å². The number of carbonyl (C=O) groups excluding carboxylic acids is 1. The predicted molar refractivity (Wildman–Crippen MR) is 112 cm³/mol. The first-order valence-electron chi connectivity index (χ1n) is 8.99. The molecule has 0 radical (unpaired) electrons. The van der Waals surface area contributed by atoms with Crippen LogP contribution in [0, 0.1) is 0 Å². The first-order valence-corrected chi connectivity index (χ1v) is 8.99. The van der Waals surface area contributed by atoms with Crippen molar-refractivity contribution in [3.63, 3.8) is 0 Å². The van der Waals surface area contributed by atoms with Crippen molar-refractivity contribution in [3.05, 3.63) is 0 Å². The number of aliphatic carboxylic acids is 3. The van der Waals surface area contributed by atoms with Gasteiger partial charge in [-0.25, -0.2) is 0 Å². The van der Waals surface area contributed by atoms with Gasteiger partial charge < -0.3 is 26.8 Å². The second-order valence-corrected chi connectivity index (χ2v) is 5.74. The summed E-state index contributed by atoms with van der Waals surface area (Å²) in [4.78, 5) is 38.3. The Balaban J connectivity index is -0.000000111. The van der Waals surface area contributed by atoms with E-state index in [1.165, 1.54) is 32.1 Å². The van der Waals surface area contributed by atoms with E-state index in [4.69, 9.17) is 41.2 Å². The van der Waals surface area contributed by atoms with Crippen molar-refractivity contribution in [1.82, 2.24) is 0 Å².